The Morgan fingerprint density at radius 2 is 2.03 bits per heavy atom. The molecule has 0 spiro atoms. The van der Waals surface area contributed by atoms with Crippen LogP contribution < -0.4 is 10.1 Å². The molecule has 0 radical (unpaired) electrons. The van der Waals surface area contributed by atoms with Crippen LogP contribution in [0.15, 0.2) is 18.3 Å². The summed E-state index contributed by atoms with van der Waals surface area (Å²) in [7, 11) is 2.03. The van der Waals surface area contributed by atoms with Crippen molar-refractivity contribution in [2.24, 2.45) is 0 Å². The van der Waals surface area contributed by atoms with Gasteiger partial charge in [-0.25, -0.2) is 17.9 Å². The van der Waals surface area contributed by atoms with E-state index in [1.54, 1.807) is 18.3 Å². The molecular weight excluding hydrogens is 385 g/mol. The van der Waals surface area contributed by atoms with Crippen molar-refractivity contribution in [1.29, 1.82) is 0 Å². The topological polar surface area (TPSA) is 68.1 Å². The molecule has 1 saturated carbocycles. The van der Waals surface area contributed by atoms with E-state index in [-0.39, 0.29) is 36.6 Å². The Bertz CT molecular complexity index is 835. The van der Waals surface area contributed by atoms with E-state index >= 15 is 0 Å². The number of nitrogens with zero attached hydrogens (tertiary/aromatic N) is 5. The summed E-state index contributed by atoms with van der Waals surface area (Å²) >= 11 is 0. The van der Waals surface area contributed by atoms with Crippen molar-refractivity contribution in [2.75, 3.05) is 25.5 Å². The molecule has 0 bridgehead atoms. The first-order valence-electron chi connectivity index (χ1n) is 9.90. The number of alkyl halides is 3. The van der Waals surface area contributed by atoms with E-state index in [4.69, 9.17) is 4.74 Å². The van der Waals surface area contributed by atoms with Crippen molar-refractivity contribution in [3.8, 4) is 11.8 Å². The van der Waals surface area contributed by atoms with Crippen LogP contribution in [0.1, 0.15) is 37.8 Å². The molecule has 2 aromatic heterocycles. The maximum atomic E-state index is 13.4. The quantitative estimate of drug-likeness (QED) is 0.789. The molecule has 1 atom stereocenters. The average Bonchev–Trinajstić information content (AvgIpc) is 3.32. The molecule has 0 amide bonds. The summed E-state index contributed by atoms with van der Waals surface area (Å²) in [5.41, 5.74) is 0.279. The highest BCUT2D eigenvalue weighted by molar-refractivity contribution is 5.42. The van der Waals surface area contributed by atoms with Gasteiger partial charge in [-0.3, -0.25) is 0 Å². The number of halogens is 3. The Morgan fingerprint density at radius 1 is 1.24 bits per heavy atom. The fourth-order valence-electron chi connectivity index (χ4n) is 3.75. The summed E-state index contributed by atoms with van der Waals surface area (Å²) in [5.74, 6) is -1.47. The normalized spacial score (nSPS) is 22.7. The van der Waals surface area contributed by atoms with E-state index in [2.05, 4.69) is 25.3 Å². The first-order valence-corrected chi connectivity index (χ1v) is 9.90. The summed E-state index contributed by atoms with van der Waals surface area (Å²) in [6, 6.07) is 3.15. The Morgan fingerprint density at radius 3 is 2.69 bits per heavy atom. The summed E-state index contributed by atoms with van der Waals surface area (Å²) in [6.45, 7) is 1.07. The van der Waals surface area contributed by atoms with Crippen molar-refractivity contribution < 1.29 is 17.9 Å². The smallest absolute Gasteiger partial charge is 0.255 e. The van der Waals surface area contributed by atoms with Gasteiger partial charge in [-0.15, -0.1) is 0 Å². The van der Waals surface area contributed by atoms with Gasteiger partial charge in [0.05, 0.1) is 5.69 Å². The number of anilines is 1. The molecule has 3 heterocycles. The van der Waals surface area contributed by atoms with Crippen LogP contribution >= 0.6 is 0 Å². The number of likely N-dealkylation sites (N-methyl/N-ethyl adjacent to an activating group) is 1. The third kappa shape index (κ3) is 4.98. The minimum Gasteiger partial charge on any atom is -0.473 e. The maximum absolute atomic E-state index is 13.4. The number of nitrogens with one attached hydrogen (secondary N) is 1. The van der Waals surface area contributed by atoms with Gasteiger partial charge in [0.15, 0.2) is 0 Å². The predicted octanol–water partition coefficient (Wildman–Crippen LogP) is 3.20. The number of rotatable bonds is 6. The van der Waals surface area contributed by atoms with Crippen LogP contribution in [-0.4, -0.2) is 62.9 Å². The monoisotopic (exact) mass is 410 g/mol. The highest BCUT2D eigenvalue weighted by Crippen LogP contribution is 2.34. The van der Waals surface area contributed by atoms with Crippen molar-refractivity contribution >= 4 is 5.82 Å². The Balaban J connectivity index is 1.55. The third-order valence-corrected chi connectivity index (χ3v) is 5.38. The van der Waals surface area contributed by atoms with E-state index in [1.807, 2.05) is 7.05 Å². The van der Waals surface area contributed by atoms with Crippen molar-refractivity contribution in [1.82, 2.24) is 24.6 Å². The second-order valence-corrected chi connectivity index (χ2v) is 7.84. The summed E-state index contributed by atoms with van der Waals surface area (Å²) in [6.07, 6.45) is 2.95. The molecule has 29 heavy (non-hydrogen) atoms. The van der Waals surface area contributed by atoms with E-state index in [9.17, 15) is 13.2 Å². The van der Waals surface area contributed by atoms with Gasteiger partial charge in [0, 0.05) is 44.2 Å². The fourth-order valence-corrected chi connectivity index (χ4v) is 3.75. The number of hydrogen-bond acceptors (Lipinski definition) is 6. The number of hydrogen-bond donors (Lipinski definition) is 1. The van der Waals surface area contributed by atoms with Crippen molar-refractivity contribution in [2.45, 2.75) is 56.8 Å². The van der Waals surface area contributed by atoms with Gasteiger partial charge >= 0.3 is 0 Å². The predicted molar refractivity (Wildman–Crippen MR) is 101 cm³/mol. The number of ether oxygens (including phenoxy) is 1. The standard InChI is InChI=1S/C19H25F3N6O/c1-27-8-5-15(12-27)29-17-10-16(23-13-2-6-19(21,22)7-3-13)24-18(25-17)28-9-4-14(11-20)26-28/h4,9-10,13,15H,2-3,5-8,11-12H2,1H3,(H,23,24,25). The van der Waals surface area contributed by atoms with Gasteiger partial charge in [0.25, 0.3) is 5.95 Å². The van der Waals surface area contributed by atoms with Gasteiger partial charge in [-0.2, -0.15) is 15.1 Å². The molecule has 1 N–H and O–H groups in total. The number of aromatic nitrogens is 4. The van der Waals surface area contributed by atoms with Crippen molar-refractivity contribution in [3.05, 3.63) is 24.0 Å². The van der Waals surface area contributed by atoms with E-state index in [1.165, 1.54) is 4.68 Å². The maximum Gasteiger partial charge on any atom is 0.255 e. The third-order valence-electron chi connectivity index (χ3n) is 5.38. The van der Waals surface area contributed by atoms with E-state index < -0.39 is 12.6 Å². The van der Waals surface area contributed by atoms with Crippen LogP contribution in [-0.2, 0) is 6.67 Å². The lowest BCUT2D eigenvalue weighted by molar-refractivity contribution is -0.0361. The fraction of sp³-hybridized carbons (Fsp3) is 0.632. The Hall–Kier alpha value is -2.36. The van der Waals surface area contributed by atoms with Gasteiger partial charge in [0.2, 0.25) is 11.8 Å². The Kier molecular flexibility index (Phi) is 5.62. The minimum atomic E-state index is -2.59. The summed E-state index contributed by atoms with van der Waals surface area (Å²) < 4.78 is 47.2. The largest absolute Gasteiger partial charge is 0.473 e. The van der Waals surface area contributed by atoms with Gasteiger partial charge in [-0.05, 0) is 32.4 Å². The number of likely N-dealkylation sites (tertiary alicyclic amines) is 1. The zero-order valence-electron chi connectivity index (χ0n) is 16.3. The molecule has 10 heteroatoms. The average molecular weight is 410 g/mol. The molecule has 2 aromatic rings. The van der Waals surface area contributed by atoms with Gasteiger partial charge in [0.1, 0.15) is 18.6 Å². The molecular formula is C19H25F3N6O. The van der Waals surface area contributed by atoms with Crippen LogP contribution in [0.4, 0.5) is 19.0 Å². The van der Waals surface area contributed by atoms with Crippen LogP contribution in [0.2, 0.25) is 0 Å². The minimum absolute atomic E-state index is 0.0167. The summed E-state index contributed by atoms with van der Waals surface area (Å²) in [4.78, 5) is 11.0. The first kappa shape index (κ1) is 19.9. The van der Waals surface area contributed by atoms with Crippen LogP contribution in [0, 0.1) is 0 Å². The highest BCUT2D eigenvalue weighted by atomic mass is 19.3. The molecule has 2 aliphatic rings. The molecule has 1 saturated heterocycles. The molecule has 2 fully saturated rings. The zero-order chi connectivity index (χ0) is 20.4. The molecule has 0 aromatic carbocycles. The van der Waals surface area contributed by atoms with Crippen LogP contribution in [0.25, 0.3) is 5.95 Å². The first-order chi connectivity index (χ1) is 13.9. The van der Waals surface area contributed by atoms with E-state index in [0.717, 1.165) is 19.5 Å². The molecule has 1 unspecified atom stereocenters. The van der Waals surface area contributed by atoms with Crippen LogP contribution in [0.3, 0.4) is 0 Å². The van der Waals surface area contributed by atoms with Gasteiger partial charge < -0.3 is 15.0 Å². The molecule has 158 valence electrons. The molecule has 7 nitrogen and oxygen atoms in total. The molecule has 1 aliphatic heterocycles. The van der Waals surface area contributed by atoms with Gasteiger partial charge in [-0.1, -0.05) is 0 Å². The Labute approximate surface area is 167 Å². The molecule has 1 aliphatic carbocycles. The van der Waals surface area contributed by atoms with Crippen LogP contribution in [0.5, 0.6) is 5.88 Å². The summed E-state index contributed by atoms with van der Waals surface area (Å²) in [5, 5.41) is 7.35. The SMILES string of the molecule is CN1CCC(Oc2cc(NC3CCC(F)(F)CC3)nc(-n3ccc(CF)n3)n2)C1. The lowest BCUT2D eigenvalue weighted by atomic mass is 9.92. The molecule has 4 rings (SSSR count). The lowest BCUT2D eigenvalue weighted by Crippen LogP contribution is -2.32. The second kappa shape index (κ2) is 8.17. The lowest BCUT2D eigenvalue weighted by Gasteiger charge is -2.29. The van der Waals surface area contributed by atoms with E-state index in [0.29, 0.717) is 24.5 Å². The van der Waals surface area contributed by atoms with Crippen molar-refractivity contribution in [3.63, 3.8) is 0 Å². The zero-order valence-corrected chi connectivity index (χ0v) is 16.3. The second-order valence-electron chi connectivity index (χ2n) is 7.84. The highest BCUT2D eigenvalue weighted by Gasteiger charge is 2.35.